The van der Waals surface area contributed by atoms with E-state index in [0.717, 1.165) is 24.2 Å². The van der Waals surface area contributed by atoms with Crippen LogP contribution >= 0.6 is 0 Å². The average Bonchev–Trinajstić information content (AvgIpc) is 2.95. The second-order valence-corrected chi connectivity index (χ2v) is 6.20. The second-order valence-electron chi connectivity index (χ2n) is 6.20. The van der Waals surface area contributed by atoms with Gasteiger partial charge in [0.1, 0.15) is 11.9 Å². The Morgan fingerprint density at radius 3 is 2.68 bits per heavy atom. The van der Waals surface area contributed by atoms with Crippen molar-refractivity contribution in [2.75, 3.05) is 0 Å². The number of allylic oxidation sites excluding steroid dienone is 1. The van der Waals surface area contributed by atoms with Crippen molar-refractivity contribution in [2.24, 2.45) is 0 Å². The molecule has 1 aromatic rings. The van der Waals surface area contributed by atoms with Gasteiger partial charge in [0, 0.05) is 0 Å². The molecule has 4 heteroatoms. The van der Waals surface area contributed by atoms with Crippen molar-refractivity contribution in [3.05, 3.63) is 47.7 Å². The van der Waals surface area contributed by atoms with E-state index < -0.39 is 5.79 Å². The molecule has 4 nitrogen and oxygen atoms in total. The van der Waals surface area contributed by atoms with Crippen molar-refractivity contribution >= 4 is 0 Å². The standard InChI is InChI=1S/C18H24O4/c1-4-5-11-14-15(19-12-13-9-7-6-8-10-13)16-17(20-14)22-18(2,3)21-16/h6-11,15-17H,4-5,12H2,1-3H3/b14-11+/t15-,16+,17+/m0/s1. The van der Waals surface area contributed by atoms with Crippen molar-refractivity contribution in [1.82, 2.24) is 0 Å². The van der Waals surface area contributed by atoms with Crippen molar-refractivity contribution in [3.8, 4) is 0 Å². The highest BCUT2D eigenvalue weighted by molar-refractivity contribution is 5.15. The second kappa shape index (κ2) is 6.41. The summed E-state index contributed by atoms with van der Waals surface area (Å²) in [5.41, 5.74) is 1.14. The number of rotatable bonds is 5. The van der Waals surface area contributed by atoms with Crippen LogP contribution in [0.25, 0.3) is 0 Å². The zero-order valence-electron chi connectivity index (χ0n) is 13.5. The van der Waals surface area contributed by atoms with Crippen molar-refractivity contribution in [1.29, 1.82) is 0 Å². The lowest BCUT2D eigenvalue weighted by Crippen LogP contribution is -2.31. The van der Waals surface area contributed by atoms with Gasteiger partial charge in [-0.15, -0.1) is 0 Å². The summed E-state index contributed by atoms with van der Waals surface area (Å²) in [6, 6.07) is 10.1. The molecular formula is C18H24O4. The third-order valence-electron chi connectivity index (χ3n) is 3.83. The van der Waals surface area contributed by atoms with Gasteiger partial charge in [0.2, 0.25) is 6.29 Å². The highest BCUT2D eigenvalue weighted by Gasteiger charge is 2.53. The zero-order valence-corrected chi connectivity index (χ0v) is 13.5. The van der Waals surface area contributed by atoms with E-state index in [-0.39, 0.29) is 18.5 Å². The molecule has 0 aliphatic carbocycles. The van der Waals surface area contributed by atoms with Crippen LogP contribution in [0.3, 0.4) is 0 Å². The summed E-state index contributed by atoms with van der Waals surface area (Å²) in [5.74, 6) is 0.211. The summed E-state index contributed by atoms with van der Waals surface area (Å²) in [6.07, 6.45) is 3.33. The molecular weight excluding hydrogens is 280 g/mol. The first kappa shape index (κ1) is 15.5. The minimum atomic E-state index is -0.625. The minimum absolute atomic E-state index is 0.207. The molecule has 2 saturated heterocycles. The fourth-order valence-electron chi connectivity index (χ4n) is 2.80. The molecule has 0 bridgehead atoms. The molecule has 3 rings (SSSR count). The molecule has 120 valence electrons. The van der Waals surface area contributed by atoms with Crippen molar-refractivity contribution < 1.29 is 18.9 Å². The lowest BCUT2D eigenvalue weighted by atomic mass is 10.1. The Labute approximate surface area is 132 Å². The Kier molecular flexibility index (Phi) is 4.52. The summed E-state index contributed by atoms with van der Waals surface area (Å²) >= 11 is 0. The molecule has 0 N–H and O–H groups in total. The summed E-state index contributed by atoms with van der Waals surface area (Å²) in [7, 11) is 0. The monoisotopic (exact) mass is 304 g/mol. The lowest BCUT2D eigenvalue weighted by molar-refractivity contribution is -0.191. The van der Waals surface area contributed by atoms with E-state index in [2.05, 4.69) is 25.1 Å². The van der Waals surface area contributed by atoms with Crippen LogP contribution in [-0.4, -0.2) is 24.3 Å². The molecule has 2 fully saturated rings. The summed E-state index contributed by atoms with van der Waals surface area (Å²) in [5, 5.41) is 0. The maximum atomic E-state index is 6.11. The first-order valence-electron chi connectivity index (χ1n) is 7.97. The lowest BCUT2D eigenvalue weighted by Gasteiger charge is -2.22. The van der Waals surface area contributed by atoms with E-state index in [9.17, 15) is 0 Å². The molecule has 22 heavy (non-hydrogen) atoms. The summed E-state index contributed by atoms with van der Waals surface area (Å²) in [4.78, 5) is 0. The van der Waals surface area contributed by atoms with Crippen molar-refractivity contribution in [3.63, 3.8) is 0 Å². The Bertz CT molecular complexity index is 523. The van der Waals surface area contributed by atoms with Gasteiger partial charge in [0.25, 0.3) is 0 Å². The molecule has 0 radical (unpaired) electrons. The number of fused-ring (bicyclic) bond motifs is 1. The van der Waals surface area contributed by atoms with E-state index in [0.29, 0.717) is 6.61 Å². The number of hydrogen-bond acceptors (Lipinski definition) is 4. The van der Waals surface area contributed by atoms with Gasteiger partial charge in [-0.1, -0.05) is 43.7 Å². The number of benzene rings is 1. The molecule has 2 aliphatic rings. The molecule has 1 aromatic carbocycles. The van der Waals surface area contributed by atoms with Crippen LogP contribution in [0.5, 0.6) is 0 Å². The average molecular weight is 304 g/mol. The van der Waals surface area contributed by atoms with Gasteiger partial charge < -0.3 is 18.9 Å². The van der Waals surface area contributed by atoms with Crippen LogP contribution in [0.4, 0.5) is 0 Å². The van der Waals surface area contributed by atoms with Gasteiger partial charge in [-0.2, -0.15) is 0 Å². The van der Waals surface area contributed by atoms with Crippen LogP contribution in [0.1, 0.15) is 39.2 Å². The van der Waals surface area contributed by atoms with Crippen LogP contribution in [0, 0.1) is 0 Å². The molecule has 0 spiro atoms. The Morgan fingerprint density at radius 1 is 1.18 bits per heavy atom. The molecule has 0 amide bonds. The number of ether oxygens (including phenoxy) is 4. The normalized spacial score (nSPS) is 31.2. The molecule has 3 atom stereocenters. The van der Waals surface area contributed by atoms with E-state index in [1.807, 2.05) is 32.0 Å². The topological polar surface area (TPSA) is 36.9 Å². The van der Waals surface area contributed by atoms with E-state index in [4.69, 9.17) is 18.9 Å². The Hall–Kier alpha value is -1.36. The SMILES string of the molecule is CCC/C=C1/O[C@@H]2OC(C)(C)O[C@@H]2[C@H]1OCc1ccccc1. The highest BCUT2D eigenvalue weighted by atomic mass is 16.8. The van der Waals surface area contributed by atoms with Gasteiger partial charge in [-0.05, 0) is 31.9 Å². The van der Waals surface area contributed by atoms with Gasteiger partial charge in [0.15, 0.2) is 11.9 Å². The predicted octanol–water partition coefficient (Wildman–Crippen LogP) is 3.76. The third-order valence-corrected chi connectivity index (χ3v) is 3.83. The van der Waals surface area contributed by atoms with E-state index in [1.54, 1.807) is 0 Å². The number of unbranched alkanes of at least 4 members (excludes halogenated alkanes) is 1. The Morgan fingerprint density at radius 2 is 1.95 bits per heavy atom. The first-order chi connectivity index (χ1) is 10.6. The highest BCUT2D eigenvalue weighted by Crippen LogP contribution is 2.40. The van der Waals surface area contributed by atoms with Gasteiger partial charge in [-0.3, -0.25) is 0 Å². The summed E-state index contributed by atoms with van der Waals surface area (Å²) in [6.45, 7) is 6.48. The first-order valence-corrected chi connectivity index (χ1v) is 7.97. The van der Waals surface area contributed by atoms with Gasteiger partial charge in [0.05, 0.1) is 6.61 Å². The fraction of sp³-hybridized carbons (Fsp3) is 0.556. The van der Waals surface area contributed by atoms with Crippen LogP contribution < -0.4 is 0 Å². The quantitative estimate of drug-likeness (QED) is 0.830. The maximum absolute atomic E-state index is 6.11. The van der Waals surface area contributed by atoms with Gasteiger partial charge >= 0.3 is 0 Å². The smallest absolute Gasteiger partial charge is 0.231 e. The van der Waals surface area contributed by atoms with E-state index >= 15 is 0 Å². The van der Waals surface area contributed by atoms with Gasteiger partial charge in [-0.25, -0.2) is 0 Å². The molecule has 0 aromatic heterocycles. The predicted molar refractivity (Wildman–Crippen MR) is 82.9 cm³/mol. The Balaban J connectivity index is 1.71. The maximum Gasteiger partial charge on any atom is 0.231 e. The summed E-state index contributed by atoms with van der Waals surface area (Å²) < 4.78 is 23.8. The zero-order chi connectivity index (χ0) is 15.6. The van der Waals surface area contributed by atoms with Crippen LogP contribution in [0.15, 0.2) is 42.2 Å². The number of hydrogen-bond donors (Lipinski definition) is 0. The van der Waals surface area contributed by atoms with Crippen LogP contribution in [0.2, 0.25) is 0 Å². The fourth-order valence-corrected chi connectivity index (χ4v) is 2.80. The third kappa shape index (κ3) is 3.35. The molecule has 0 unspecified atom stereocenters. The molecule has 2 aliphatic heterocycles. The molecule has 2 heterocycles. The minimum Gasteiger partial charge on any atom is -0.464 e. The van der Waals surface area contributed by atoms with Crippen LogP contribution in [-0.2, 0) is 25.6 Å². The van der Waals surface area contributed by atoms with Crippen molar-refractivity contribution in [2.45, 2.75) is 64.5 Å². The molecule has 0 saturated carbocycles. The largest absolute Gasteiger partial charge is 0.464 e. The van der Waals surface area contributed by atoms with E-state index in [1.165, 1.54) is 0 Å².